The number of phenolic OH excluding ortho intramolecular Hbond substituents is 3. The Balaban J connectivity index is 0.000000118. The Labute approximate surface area is 355 Å². The number of rotatable bonds is 4. The second kappa shape index (κ2) is 17.4. The number of aromatic hydroxyl groups is 3. The summed E-state index contributed by atoms with van der Waals surface area (Å²) in [7, 11) is 0. The summed E-state index contributed by atoms with van der Waals surface area (Å²) in [5, 5.41) is 40.4. The maximum atomic E-state index is 11.0. The molecule has 0 aliphatic rings. The molecule has 11 aromatic carbocycles. The van der Waals surface area contributed by atoms with Gasteiger partial charge in [-0.25, -0.2) is 0 Å². The van der Waals surface area contributed by atoms with Crippen LogP contribution in [0.4, 0.5) is 0 Å². The van der Waals surface area contributed by atoms with E-state index >= 15 is 0 Å². The van der Waals surface area contributed by atoms with E-state index in [1.165, 1.54) is 5.39 Å². The zero-order chi connectivity index (χ0) is 41.5. The minimum absolute atomic E-state index is 0.334. The summed E-state index contributed by atoms with van der Waals surface area (Å²) in [4.78, 5) is 0. The Hall–Kier alpha value is -8.14. The standard InChI is InChI=1S/C22H16O.C20H14O.C16H12O/c23-22-20(16-9-3-1-4-10-16)15-18-13-7-8-14-19(18)21(22)17-11-5-2-6-12-17;21-20-17-10-4-2-7-15(17)12-13-19(20)18-11-5-8-14-6-1-3-9-16(14)18;17-16-14-9-5-4-8-13(14)10-11-15(16)12-6-2-1-3-7-12/h1-15,23H;1-13,21H;1-11,17H. The third kappa shape index (κ3) is 7.89. The van der Waals surface area contributed by atoms with Gasteiger partial charge in [-0.05, 0) is 66.7 Å². The van der Waals surface area contributed by atoms with E-state index in [4.69, 9.17) is 0 Å². The van der Waals surface area contributed by atoms with E-state index in [1.807, 2.05) is 188 Å². The van der Waals surface area contributed by atoms with Gasteiger partial charge in [-0.1, -0.05) is 224 Å². The Morgan fingerprint density at radius 2 is 0.607 bits per heavy atom. The van der Waals surface area contributed by atoms with Gasteiger partial charge in [-0.15, -0.1) is 0 Å². The second-order valence-electron chi connectivity index (χ2n) is 14.9. The molecule has 61 heavy (non-hydrogen) atoms. The van der Waals surface area contributed by atoms with Gasteiger partial charge >= 0.3 is 0 Å². The Morgan fingerprint density at radius 1 is 0.213 bits per heavy atom. The summed E-state index contributed by atoms with van der Waals surface area (Å²) in [6.07, 6.45) is 0. The van der Waals surface area contributed by atoms with Crippen LogP contribution in [0.2, 0.25) is 0 Å². The van der Waals surface area contributed by atoms with Crippen LogP contribution in [0, 0.1) is 0 Å². The Morgan fingerprint density at radius 3 is 1.18 bits per heavy atom. The molecule has 0 radical (unpaired) electrons. The van der Waals surface area contributed by atoms with Crippen LogP contribution in [-0.2, 0) is 0 Å². The lowest BCUT2D eigenvalue weighted by atomic mass is 9.91. The first-order valence-electron chi connectivity index (χ1n) is 20.4. The number of fused-ring (bicyclic) bond motifs is 4. The Bertz CT molecular complexity index is 3260. The SMILES string of the molecule is Oc1c(-c2cccc3ccccc23)ccc2ccccc12.Oc1c(-c2ccccc2)cc2ccccc2c1-c1ccccc1.Oc1c(-c2ccccc2)ccc2ccccc12. The zero-order valence-corrected chi connectivity index (χ0v) is 33.4. The van der Waals surface area contributed by atoms with Crippen LogP contribution >= 0.6 is 0 Å². The molecule has 0 saturated carbocycles. The van der Waals surface area contributed by atoms with Gasteiger partial charge in [0.2, 0.25) is 0 Å². The van der Waals surface area contributed by atoms with Crippen LogP contribution < -0.4 is 0 Å². The molecule has 0 aliphatic heterocycles. The fourth-order valence-corrected chi connectivity index (χ4v) is 8.11. The highest BCUT2D eigenvalue weighted by atomic mass is 16.3. The molecule has 0 saturated heterocycles. The van der Waals surface area contributed by atoms with E-state index < -0.39 is 0 Å². The second-order valence-corrected chi connectivity index (χ2v) is 14.9. The van der Waals surface area contributed by atoms with Gasteiger partial charge in [0.15, 0.2) is 0 Å². The van der Waals surface area contributed by atoms with E-state index in [2.05, 4.69) is 48.5 Å². The molecule has 0 unspecified atom stereocenters. The smallest absolute Gasteiger partial charge is 0.131 e. The van der Waals surface area contributed by atoms with E-state index in [9.17, 15) is 15.3 Å². The van der Waals surface area contributed by atoms with Crippen molar-refractivity contribution in [3.8, 4) is 61.8 Å². The van der Waals surface area contributed by atoms with Gasteiger partial charge < -0.3 is 15.3 Å². The van der Waals surface area contributed by atoms with Gasteiger partial charge in [0.05, 0.1) is 0 Å². The van der Waals surface area contributed by atoms with Crippen molar-refractivity contribution in [2.75, 3.05) is 0 Å². The molecule has 0 amide bonds. The maximum Gasteiger partial charge on any atom is 0.131 e. The van der Waals surface area contributed by atoms with E-state index in [1.54, 1.807) is 0 Å². The molecule has 0 fully saturated rings. The molecular formula is C58H42O3. The monoisotopic (exact) mass is 786 g/mol. The van der Waals surface area contributed by atoms with E-state index in [0.29, 0.717) is 17.2 Å². The van der Waals surface area contributed by atoms with Crippen molar-refractivity contribution in [1.29, 1.82) is 0 Å². The first-order chi connectivity index (χ1) is 30.0. The predicted octanol–water partition coefficient (Wildman–Crippen LogP) is 15.5. The quantitative estimate of drug-likeness (QED) is 0.166. The fourth-order valence-electron chi connectivity index (χ4n) is 8.11. The normalized spacial score (nSPS) is 10.8. The molecule has 3 N–H and O–H groups in total. The van der Waals surface area contributed by atoms with Crippen molar-refractivity contribution in [2.45, 2.75) is 0 Å². The van der Waals surface area contributed by atoms with Crippen molar-refractivity contribution in [3.05, 3.63) is 237 Å². The summed E-state index contributed by atoms with van der Waals surface area (Å²) in [6.45, 7) is 0. The fraction of sp³-hybridized carbons (Fsp3) is 0. The molecule has 3 heteroatoms. The highest BCUT2D eigenvalue weighted by molar-refractivity contribution is 6.05. The number of hydrogen-bond acceptors (Lipinski definition) is 3. The zero-order valence-electron chi connectivity index (χ0n) is 33.4. The van der Waals surface area contributed by atoms with Crippen molar-refractivity contribution in [1.82, 2.24) is 0 Å². The van der Waals surface area contributed by atoms with Crippen molar-refractivity contribution in [2.24, 2.45) is 0 Å². The van der Waals surface area contributed by atoms with Gasteiger partial charge in [-0.3, -0.25) is 0 Å². The largest absolute Gasteiger partial charge is 0.507 e. The average Bonchev–Trinajstić information content (AvgIpc) is 3.33. The predicted molar refractivity (Wildman–Crippen MR) is 256 cm³/mol. The van der Waals surface area contributed by atoms with Crippen LogP contribution in [0.5, 0.6) is 17.2 Å². The molecule has 0 aromatic heterocycles. The average molecular weight is 787 g/mol. The Kier molecular flexibility index (Phi) is 10.9. The first-order valence-corrected chi connectivity index (χ1v) is 20.4. The molecule has 0 heterocycles. The molecule has 0 atom stereocenters. The topological polar surface area (TPSA) is 60.7 Å². The number of hydrogen-bond donors (Lipinski definition) is 3. The minimum atomic E-state index is 0.334. The summed E-state index contributed by atoms with van der Waals surface area (Å²) in [5.41, 5.74) is 7.67. The molecule has 0 spiro atoms. The lowest BCUT2D eigenvalue weighted by Crippen LogP contribution is -1.87. The van der Waals surface area contributed by atoms with Crippen LogP contribution in [-0.4, -0.2) is 15.3 Å². The minimum Gasteiger partial charge on any atom is -0.507 e. The van der Waals surface area contributed by atoms with Gasteiger partial charge in [0.1, 0.15) is 17.2 Å². The lowest BCUT2D eigenvalue weighted by molar-refractivity contribution is 0.480. The summed E-state index contributed by atoms with van der Waals surface area (Å²) in [5.74, 6) is 1.04. The molecule has 0 aliphatic carbocycles. The highest BCUT2D eigenvalue weighted by Gasteiger charge is 2.16. The van der Waals surface area contributed by atoms with E-state index in [0.717, 1.165) is 82.2 Å². The van der Waals surface area contributed by atoms with E-state index in [-0.39, 0.29) is 0 Å². The number of benzene rings is 11. The van der Waals surface area contributed by atoms with Gasteiger partial charge in [0.25, 0.3) is 0 Å². The van der Waals surface area contributed by atoms with Crippen molar-refractivity contribution in [3.63, 3.8) is 0 Å². The first kappa shape index (κ1) is 38.4. The molecular weight excluding hydrogens is 745 g/mol. The highest BCUT2D eigenvalue weighted by Crippen LogP contribution is 2.44. The van der Waals surface area contributed by atoms with Gasteiger partial charge in [-0.2, -0.15) is 0 Å². The third-order valence-corrected chi connectivity index (χ3v) is 11.1. The van der Waals surface area contributed by atoms with Crippen molar-refractivity contribution >= 4 is 43.1 Å². The summed E-state index contributed by atoms with van der Waals surface area (Å²) in [6, 6.07) is 78.6. The molecule has 3 nitrogen and oxygen atoms in total. The molecule has 292 valence electrons. The summed E-state index contributed by atoms with van der Waals surface area (Å²) >= 11 is 0. The summed E-state index contributed by atoms with van der Waals surface area (Å²) < 4.78 is 0. The van der Waals surface area contributed by atoms with Crippen LogP contribution in [0.3, 0.4) is 0 Å². The molecule has 11 aromatic rings. The van der Waals surface area contributed by atoms with Crippen LogP contribution in [0.1, 0.15) is 0 Å². The third-order valence-electron chi connectivity index (χ3n) is 11.1. The number of phenols is 3. The molecule has 0 bridgehead atoms. The maximum absolute atomic E-state index is 11.0. The molecule has 11 rings (SSSR count). The van der Waals surface area contributed by atoms with Gasteiger partial charge in [0, 0.05) is 33.0 Å². The van der Waals surface area contributed by atoms with Crippen LogP contribution in [0.25, 0.3) is 87.6 Å². The lowest BCUT2D eigenvalue weighted by Gasteiger charge is -2.14. The van der Waals surface area contributed by atoms with Crippen LogP contribution in [0.15, 0.2) is 237 Å². The van der Waals surface area contributed by atoms with Crippen molar-refractivity contribution < 1.29 is 15.3 Å².